The number of rotatable bonds is 12. The van der Waals surface area contributed by atoms with Crippen molar-refractivity contribution in [1.29, 1.82) is 0 Å². The highest BCUT2D eigenvalue weighted by Crippen LogP contribution is 2.21. The molecule has 0 saturated carbocycles. The van der Waals surface area contributed by atoms with E-state index >= 15 is 0 Å². The summed E-state index contributed by atoms with van der Waals surface area (Å²) in [7, 11) is 2.22. The molecule has 4 N–H and O–H groups in total. The van der Waals surface area contributed by atoms with Crippen LogP contribution in [0.2, 0.25) is 0 Å². The van der Waals surface area contributed by atoms with Crippen molar-refractivity contribution in [2.45, 2.75) is 19.4 Å². The summed E-state index contributed by atoms with van der Waals surface area (Å²) in [5, 5.41) is 5.43. The molecule has 1 rings (SSSR count). The standard InChI is InChI=1S/C16H25IN4O2/c1-21(8-2-6-19-12-22,9-3-7-20-13-23)11-14-4-5-15(18)10-16(14)17/h4-5,10,12-13H,2-3,6-9,11,18H2,1H3,(H-,19,20,22,23)/p+1. The molecule has 0 aliphatic rings. The number of quaternary nitrogens is 1. The zero-order chi connectivity index (χ0) is 17.1. The van der Waals surface area contributed by atoms with Crippen LogP contribution in [0.4, 0.5) is 5.69 Å². The van der Waals surface area contributed by atoms with Crippen LogP contribution in [0.25, 0.3) is 0 Å². The van der Waals surface area contributed by atoms with Crippen molar-refractivity contribution in [3.8, 4) is 0 Å². The molecule has 0 aromatic heterocycles. The highest BCUT2D eigenvalue weighted by molar-refractivity contribution is 14.1. The number of amides is 2. The Kier molecular flexibility index (Phi) is 8.93. The van der Waals surface area contributed by atoms with E-state index < -0.39 is 0 Å². The average molecular weight is 433 g/mol. The minimum atomic E-state index is 0.683. The third-order valence-electron chi connectivity index (χ3n) is 3.83. The number of anilines is 1. The molecule has 0 fully saturated rings. The van der Waals surface area contributed by atoms with Crippen molar-refractivity contribution >= 4 is 41.1 Å². The van der Waals surface area contributed by atoms with Crippen molar-refractivity contribution in [2.24, 2.45) is 0 Å². The first-order chi connectivity index (χ1) is 11.0. The summed E-state index contributed by atoms with van der Waals surface area (Å²) in [6.45, 7) is 4.19. The fraction of sp³-hybridized carbons (Fsp3) is 0.500. The van der Waals surface area contributed by atoms with E-state index in [1.54, 1.807) is 0 Å². The van der Waals surface area contributed by atoms with E-state index in [9.17, 15) is 9.59 Å². The second-order valence-corrected chi connectivity index (χ2v) is 7.09. The van der Waals surface area contributed by atoms with E-state index in [0.29, 0.717) is 13.1 Å². The summed E-state index contributed by atoms with van der Waals surface area (Å²) >= 11 is 2.32. The summed E-state index contributed by atoms with van der Waals surface area (Å²) in [5.41, 5.74) is 7.87. The summed E-state index contributed by atoms with van der Waals surface area (Å²) in [6, 6.07) is 6.01. The normalized spacial score (nSPS) is 11.0. The molecule has 0 saturated heterocycles. The second kappa shape index (κ2) is 10.4. The first kappa shape index (κ1) is 19.7. The molecule has 0 aliphatic carbocycles. The van der Waals surface area contributed by atoms with Crippen LogP contribution in [0.1, 0.15) is 18.4 Å². The van der Waals surface area contributed by atoms with Crippen LogP contribution in [0.15, 0.2) is 18.2 Å². The zero-order valence-electron chi connectivity index (χ0n) is 13.6. The van der Waals surface area contributed by atoms with Crippen LogP contribution in [0.5, 0.6) is 0 Å². The Labute approximate surface area is 151 Å². The minimum Gasteiger partial charge on any atom is -0.399 e. The van der Waals surface area contributed by atoms with Crippen molar-refractivity contribution in [3.63, 3.8) is 0 Å². The molecule has 0 radical (unpaired) electrons. The minimum absolute atomic E-state index is 0.683. The highest BCUT2D eigenvalue weighted by atomic mass is 127. The Balaban J connectivity index is 2.71. The monoisotopic (exact) mass is 433 g/mol. The predicted molar refractivity (Wildman–Crippen MR) is 101 cm³/mol. The molecule has 6 nitrogen and oxygen atoms in total. The molecule has 2 amide bonds. The van der Waals surface area contributed by atoms with E-state index in [2.05, 4.69) is 46.3 Å². The number of hydrogen-bond donors (Lipinski definition) is 3. The average Bonchev–Trinajstić information content (AvgIpc) is 2.51. The van der Waals surface area contributed by atoms with Crippen LogP contribution >= 0.6 is 22.6 Å². The number of carbonyl (C=O) groups is 2. The van der Waals surface area contributed by atoms with Crippen molar-refractivity contribution in [3.05, 3.63) is 27.3 Å². The summed E-state index contributed by atoms with van der Waals surface area (Å²) in [5.74, 6) is 0. The van der Waals surface area contributed by atoms with Gasteiger partial charge in [-0.25, -0.2) is 0 Å². The fourth-order valence-corrected chi connectivity index (χ4v) is 3.33. The molecule has 0 bridgehead atoms. The van der Waals surface area contributed by atoms with Gasteiger partial charge in [0.25, 0.3) is 0 Å². The molecule has 0 aliphatic heterocycles. The first-order valence-electron chi connectivity index (χ1n) is 7.72. The van der Waals surface area contributed by atoms with Gasteiger partial charge in [0.2, 0.25) is 12.8 Å². The van der Waals surface area contributed by atoms with Crippen molar-refractivity contribution in [1.82, 2.24) is 10.6 Å². The fourth-order valence-electron chi connectivity index (χ4n) is 2.62. The van der Waals surface area contributed by atoms with Crippen LogP contribution in [0, 0.1) is 3.57 Å². The lowest BCUT2D eigenvalue weighted by atomic mass is 10.1. The van der Waals surface area contributed by atoms with Gasteiger partial charge in [-0.15, -0.1) is 0 Å². The van der Waals surface area contributed by atoms with Gasteiger partial charge >= 0.3 is 0 Å². The topological polar surface area (TPSA) is 84.2 Å². The molecule has 1 aromatic carbocycles. The number of nitrogens with zero attached hydrogens (tertiary/aromatic N) is 1. The molecule has 0 spiro atoms. The molecule has 7 heteroatoms. The van der Waals surface area contributed by atoms with Crippen LogP contribution in [-0.4, -0.2) is 50.5 Å². The third kappa shape index (κ3) is 7.65. The Morgan fingerprint density at radius 1 is 1.13 bits per heavy atom. The number of nitrogens with two attached hydrogens (primary N) is 1. The number of benzene rings is 1. The van der Waals surface area contributed by atoms with Crippen LogP contribution in [-0.2, 0) is 16.1 Å². The molecule has 0 heterocycles. The Bertz CT molecular complexity index is 495. The van der Waals surface area contributed by atoms with Gasteiger partial charge in [-0.3, -0.25) is 9.59 Å². The van der Waals surface area contributed by atoms with E-state index in [-0.39, 0.29) is 0 Å². The number of hydrogen-bond acceptors (Lipinski definition) is 3. The molecule has 1 aromatic rings. The smallest absolute Gasteiger partial charge is 0.207 e. The van der Waals surface area contributed by atoms with E-state index in [0.717, 1.165) is 55.5 Å². The van der Waals surface area contributed by atoms with Crippen LogP contribution < -0.4 is 16.4 Å². The quantitative estimate of drug-likeness (QED) is 0.152. The van der Waals surface area contributed by atoms with Gasteiger partial charge in [-0.2, -0.15) is 0 Å². The maximum Gasteiger partial charge on any atom is 0.207 e. The molecule has 0 unspecified atom stereocenters. The molecule has 23 heavy (non-hydrogen) atoms. The van der Waals surface area contributed by atoms with Gasteiger partial charge in [0, 0.05) is 40.8 Å². The van der Waals surface area contributed by atoms with Gasteiger partial charge < -0.3 is 20.9 Å². The lowest BCUT2D eigenvalue weighted by Crippen LogP contribution is -2.46. The maximum atomic E-state index is 10.4. The van der Waals surface area contributed by atoms with Gasteiger partial charge in [0.05, 0.1) is 20.1 Å². The predicted octanol–water partition coefficient (Wildman–Crippen LogP) is 1.09. The van der Waals surface area contributed by atoms with E-state index in [1.807, 2.05) is 12.1 Å². The zero-order valence-corrected chi connectivity index (χ0v) is 15.7. The van der Waals surface area contributed by atoms with Gasteiger partial charge in [-0.1, -0.05) is 6.07 Å². The Morgan fingerprint density at radius 3 is 2.17 bits per heavy atom. The number of halogens is 1. The van der Waals surface area contributed by atoms with Gasteiger partial charge in [-0.05, 0) is 34.7 Å². The summed E-state index contributed by atoms with van der Waals surface area (Å²) < 4.78 is 2.03. The molecular formula is C16H26IN4O2+. The highest BCUT2D eigenvalue weighted by Gasteiger charge is 2.22. The van der Waals surface area contributed by atoms with Crippen LogP contribution in [0.3, 0.4) is 0 Å². The number of carbonyl (C=O) groups excluding carboxylic acids is 2. The van der Waals surface area contributed by atoms with Gasteiger partial charge in [0.1, 0.15) is 6.54 Å². The lowest BCUT2D eigenvalue weighted by Gasteiger charge is -2.35. The number of nitrogen functional groups attached to an aromatic ring is 1. The van der Waals surface area contributed by atoms with Crippen molar-refractivity contribution in [2.75, 3.05) is 39.0 Å². The van der Waals surface area contributed by atoms with E-state index in [4.69, 9.17) is 5.73 Å². The maximum absolute atomic E-state index is 10.4. The van der Waals surface area contributed by atoms with Crippen molar-refractivity contribution < 1.29 is 14.1 Å². The number of nitrogens with one attached hydrogen (secondary N) is 2. The summed E-state index contributed by atoms with van der Waals surface area (Å²) in [4.78, 5) is 20.7. The first-order valence-corrected chi connectivity index (χ1v) is 8.80. The Hall–Kier alpha value is -1.35. The summed E-state index contributed by atoms with van der Waals surface area (Å²) in [6.07, 6.45) is 3.31. The lowest BCUT2D eigenvalue weighted by molar-refractivity contribution is -0.922. The SMILES string of the molecule is C[N+](CCCNC=O)(CCCNC=O)Cc1ccc(N)cc1I. The van der Waals surface area contributed by atoms with Gasteiger partial charge in [0.15, 0.2) is 0 Å². The third-order valence-corrected chi connectivity index (χ3v) is 4.84. The van der Waals surface area contributed by atoms with E-state index in [1.165, 1.54) is 9.13 Å². The molecular weight excluding hydrogens is 407 g/mol. The second-order valence-electron chi connectivity index (χ2n) is 5.93. The molecule has 0 atom stereocenters. The molecule has 128 valence electrons. The largest absolute Gasteiger partial charge is 0.399 e. The Morgan fingerprint density at radius 2 is 1.70 bits per heavy atom.